The topological polar surface area (TPSA) is 37.2 Å². The van der Waals surface area contributed by atoms with E-state index in [9.17, 15) is 5.11 Å². The first-order chi connectivity index (χ1) is 8.49. The van der Waals surface area contributed by atoms with Gasteiger partial charge < -0.3 is 15.0 Å². The van der Waals surface area contributed by atoms with Crippen LogP contribution < -0.4 is 5.32 Å². The van der Waals surface area contributed by atoms with Crippen molar-refractivity contribution < 1.29 is 5.11 Å². The molecule has 2 rings (SSSR count). The van der Waals surface area contributed by atoms with Gasteiger partial charge in [0.25, 0.3) is 0 Å². The Balaban J connectivity index is 2.11. The minimum Gasteiger partial charge on any atom is -0.506 e. The SMILES string of the molecule is Cc1cc(CNc2ccc(O)c(Cl)c2)c(C)n1C. The number of aryl methyl sites for hydroxylation is 1. The highest BCUT2D eigenvalue weighted by atomic mass is 35.5. The van der Waals surface area contributed by atoms with E-state index < -0.39 is 0 Å². The number of anilines is 1. The molecule has 0 aliphatic heterocycles. The largest absolute Gasteiger partial charge is 0.506 e. The number of hydrogen-bond acceptors (Lipinski definition) is 2. The van der Waals surface area contributed by atoms with Gasteiger partial charge in [-0.2, -0.15) is 0 Å². The third-order valence-electron chi connectivity index (χ3n) is 3.31. The fraction of sp³-hybridized carbons (Fsp3) is 0.286. The maximum Gasteiger partial charge on any atom is 0.134 e. The van der Waals surface area contributed by atoms with E-state index in [1.54, 1.807) is 12.1 Å². The van der Waals surface area contributed by atoms with Gasteiger partial charge in [-0.3, -0.25) is 0 Å². The number of phenols is 1. The summed E-state index contributed by atoms with van der Waals surface area (Å²) in [5, 5.41) is 13.0. The number of halogens is 1. The van der Waals surface area contributed by atoms with Gasteiger partial charge in [-0.15, -0.1) is 0 Å². The summed E-state index contributed by atoms with van der Waals surface area (Å²) < 4.78 is 2.17. The van der Waals surface area contributed by atoms with Crippen LogP contribution in [0.2, 0.25) is 5.02 Å². The van der Waals surface area contributed by atoms with E-state index in [-0.39, 0.29) is 5.75 Å². The van der Waals surface area contributed by atoms with Gasteiger partial charge in [0.15, 0.2) is 0 Å². The second kappa shape index (κ2) is 4.94. The van der Waals surface area contributed by atoms with Crippen molar-refractivity contribution in [1.29, 1.82) is 0 Å². The minimum absolute atomic E-state index is 0.106. The van der Waals surface area contributed by atoms with Crippen LogP contribution in [0.5, 0.6) is 5.75 Å². The normalized spacial score (nSPS) is 10.7. The van der Waals surface area contributed by atoms with Crippen molar-refractivity contribution in [2.45, 2.75) is 20.4 Å². The molecule has 0 radical (unpaired) electrons. The molecule has 1 aromatic carbocycles. The van der Waals surface area contributed by atoms with Crippen molar-refractivity contribution in [1.82, 2.24) is 4.57 Å². The molecular weight excluding hydrogens is 248 g/mol. The van der Waals surface area contributed by atoms with Gasteiger partial charge in [0.05, 0.1) is 5.02 Å². The molecule has 0 saturated carbocycles. The molecule has 3 nitrogen and oxygen atoms in total. The van der Waals surface area contributed by atoms with Crippen LogP contribution in [-0.4, -0.2) is 9.67 Å². The van der Waals surface area contributed by atoms with E-state index >= 15 is 0 Å². The van der Waals surface area contributed by atoms with Crippen LogP contribution in [0.4, 0.5) is 5.69 Å². The summed E-state index contributed by atoms with van der Waals surface area (Å²) in [7, 11) is 2.06. The lowest BCUT2D eigenvalue weighted by Gasteiger charge is -2.08. The fourth-order valence-corrected chi connectivity index (χ4v) is 2.11. The van der Waals surface area contributed by atoms with Crippen LogP contribution in [0.15, 0.2) is 24.3 Å². The molecule has 2 N–H and O–H groups in total. The zero-order chi connectivity index (χ0) is 13.3. The van der Waals surface area contributed by atoms with Crippen LogP contribution >= 0.6 is 11.6 Å². The number of hydrogen-bond donors (Lipinski definition) is 2. The third-order valence-corrected chi connectivity index (χ3v) is 3.61. The van der Waals surface area contributed by atoms with Gasteiger partial charge in [-0.25, -0.2) is 0 Å². The van der Waals surface area contributed by atoms with Gasteiger partial charge in [-0.05, 0) is 43.7 Å². The summed E-state index contributed by atoms with van der Waals surface area (Å²) in [5.41, 5.74) is 4.66. The number of aromatic hydroxyl groups is 1. The maximum atomic E-state index is 9.35. The van der Waals surface area contributed by atoms with E-state index in [4.69, 9.17) is 11.6 Å². The second-order valence-corrected chi connectivity index (χ2v) is 4.88. The summed E-state index contributed by atoms with van der Waals surface area (Å²) in [6, 6.07) is 7.30. The molecule has 1 heterocycles. The van der Waals surface area contributed by atoms with Crippen LogP contribution in [-0.2, 0) is 13.6 Å². The summed E-state index contributed by atoms with van der Waals surface area (Å²) in [6.45, 7) is 4.94. The highest BCUT2D eigenvalue weighted by molar-refractivity contribution is 6.32. The molecule has 2 aromatic rings. The van der Waals surface area contributed by atoms with E-state index in [1.165, 1.54) is 17.0 Å². The number of benzene rings is 1. The molecule has 4 heteroatoms. The molecule has 0 fully saturated rings. The predicted molar refractivity (Wildman–Crippen MR) is 75.3 cm³/mol. The zero-order valence-corrected chi connectivity index (χ0v) is 11.5. The highest BCUT2D eigenvalue weighted by Crippen LogP contribution is 2.26. The Kier molecular flexibility index (Phi) is 3.53. The summed E-state index contributed by atoms with van der Waals surface area (Å²) in [6.07, 6.45) is 0. The van der Waals surface area contributed by atoms with Crippen molar-refractivity contribution >= 4 is 17.3 Å². The van der Waals surface area contributed by atoms with Gasteiger partial charge in [0.2, 0.25) is 0 Å². The monoisotopic (exact) mass is 264 g/mol. The van der Waals surface area contributed by atoms with E-state index in [0.29, 0.717) is 5.02 Å². The maximum absolute atomic E-state index is 9.35. The fourth-order valence-electron chi connectivity index (χ4n) is 1.93. The van der Waals surface area contributed by atoms with Crippen molar-refractivity contribution in [3.8, 4) is 5.75 Å². The van der Waals surface area contributed by atoms with E-state index in [0.717, 1.165) is 12.2 Å². The number of phenolic OH excluding ortho intramolecular Hbond substituents is 1. The van der Waals surface area contributed by atoms with Crippen molar-refractivity contribution in [2.24, 2.45) is 7.05 Å². The molecule has 1 aromatic heterocycles. The molecule has 0 amide bonds. The number of nitrogens with one attached hydrogen (secondary N) is 1. The van der Waals surface area contributed by atoms with Crippen LogP contribution in [0.3, 0.4) is 0 Å². The van der Waals surface area contributed by atoms with Gasteiger partial charge in [-0.1, -0.05) is 11.6 Å². The quantitative estimate of drug-likeness (QED) is 0.831. The standard InChI is InChI=1S/C14H17ClN2O/c1-9-6-11(10(2)17(9)3)8-16-12-4-5-14(18)13(15)7-12/h4-7,16,18H,8H2,1-3H3. The molecular formula is C14H17ClN2O. The van der Waals surface area contributed by atoms with Gasteiger partial charge in [0, 0.05) is 30.7 Å². The van der Waals surface area contributed by atoms with Crippen LogP contribution in [0.25, 0.3) is 0 Å². The Morgan fingerprint density at radius 3 is 2.56 bits per heavy atom. The van der Waals surface area contributed by atoms with E-state index in [2.05, 4.69) is 36.8 Å². The average molecular weight is 265 g/mol. The molecule has 0 saturated heterocycles. The zero-order valence-electron chi connectivity index (χ0n) is 10.8. The Morgan fingerprint density at radius 2 is 2.00 bits per heavy atom. The Morgan fingerprint density at radius 1 is 1.28 bits per heavy atom. The third kappa shape index (κ3) is 2.46. The van der Waals surface area contributed by atoms with Crippen molar-refractivity contribution in [3.63, 3.8) is 0 Å². The van der Waals surface area contributed by atoms with Gasteiger partial charge >= 0.3 is 0 Å². The molecule has 0 aliphatic rings. The molecule has 0 spiro atoms. The molecule has 18 heavy (non-hydrogen) atoms. The summed E-state index contributed by atoms with van der Waals surface area (Å²) in [5.74, 6) is 0.106. The lowest BCUT2D eigenvalue weighted by atomic mass is 10.2. The Bertz CT molecular complexity index is 575. The lowest BCUT2D eigenvalue weighted by Crippen LogP contribution is -2.01. The van der Waals surface area contributed by atoms with Crippen molar-refractivity contribution in [3.05, 3.63) is 46.2 Å². The second-order valence-electron chi connectivity index (χ2n) is 4.48. The average Bonchev–Trinajstić information content (AvgIpc) is 2.58. The number of nitrogens with zero attached hydrogens (tertiary/aromatic N) is 1. The summed E-state index contributed by atoms with van der Waals surface area (Å²) >= 11 is 5.86. The first-order valence-electron chi connectivity index (χ1n) is 5.83. The minimum atomic E-state index is 0.106. The molecule has 0 aliphatic carbocycles. The van der Waals surface area contributed by atoms with Crippen molar-refractivity contribution in [2.75, 3.05) is 5.32 Å². The molecule has 0 unspecified atom stereocenters. The highest BCUT2D eigenvalue weighted by Gasteiger charge is 2.06. The summed E-state index contributed by atoms with van der Waals surface area (Å²) in [4.78, 5) is 0. The lowest BCUT2D eigenvalue weighted by molar-refractivity contribution is 0.475. The molecule has 96 valence electrons. The molecule has 0 bridgehead atoms. The predicted octanol–water partition coefficient (Wildman–Crippen LogP) is 3.61. The Hall–Kier alpha value is -1.61. The van der Waals surface area contributed by atoms with Crippen LogP contribution in [0, 0.1) is 13.8 Å². The smallest absolute Gasteiger partial charge is 0.134 e. The first-order valence-corrected chi connectivity index (χ1v) is 6.21. The van der Waals surface area contributed by atoms with Gasteiger partial charge in [0.1, 0.15) is 5.75 Å². The molecule has 0 atom stereocenters. The first kappa shape index (κ1) is 12.8. The number of aromatic nitrogens is 1. The number of rotatable bonds is 3. The van der Waals surface area contributed by atoms with Crippen LogP contribution in [0.1, 0.15) is 17.0 Å². The Labute approximate surface area is 112 Å². The van der Waals surface area contributed by atoms with E-state index in [1.807, 2.05) is 6.07 Å².